The Labute approximate surface area is 254 Å². The van der Waals surface area contributed by atoms with Gasteiger partial charge in [0.25, 0.3) is 10.0 Å². The van der Waals surface area contributed by atoms with Gasteiger partial charge in [-0.1, -0.05) is 30.3 Å². The number of sulfonamides is 1. The van der Waals surface area contributed by atoms with E-state index in [1.807, 2.05) is 48.5 Å². The first-order valence-corrected chi connectivity index (χ1v) is 14.2. The van der Waals surface area contributed by atoms with E-state index < -0.39 is 22.2 Å². The molecule has 0 bridgehead atoms. The number of halogens is 3. The first-order valence-electron chi connectivity index (χ1n) is 12.8. The molecule has 0 aliphatic carbocycles. The van der Waals surface area contributed by atoms with E-state index in [1.54, 1.807) is 42.1 Å². The van der Waals surface area contributed by atoms with Crippen molar-refractivity contribution in [3.63, 3.8) is 0 Å². The lowest BCUT2D eigenvalue weighted by Gasteiger charge is -2.11. The Balaban J connectivity index is 0.000000591. The lowest BCUT2D eigenvalue weighted by Crippen LogP contribution is -2.24. The maximum atomic E-state index is 12.4. The van der Waals surface area contributed by atoms with Crippen molar-refractivity contribution >= 4 is 33.4 Å². The summed E-state index contributed by atoms with van der Waals surface area (Å²) >= 11 is 0. The minimum absolute atomic E-state index is 0.00794. The molecule has 0 saturated carbocycles. The number of nitrogens with two attached hydrogens (primary N) is 1. The first kappa shape index (κ1) is 32.4. The number of imidazole rings is 1. The molecule has 0 aliphatic rings. The molecule has 5 N–H and O–H groups in total. The number of rotatable bonds is 9. The van der Waals surface area contributed by atoms with Crippen LogP contribution in [-0.2, 0) is 28.4 Å². The summed E-state index contributed by atoms with van der Waals surface area (Å²) in [6.45, 7) is -0.00794. The standard InChI is InChI=1S/C26H24N8O3S.C2HF3O2/c1-34-16-25(29-17-34)38(35,36)30-15-20-13-22(11-12-28-20)37-21-9-7-19(8-10-21)31-24-14-23(32-26(27)33-24)18-5-3-2-4-6-18;3-2(4,5)1(6)7/h2-14,16-17,30H,15H2,1H3,(H3,27,31,32,33);(H,6,7). The van der Waals surface area contributed by atoms with Crippen LogP contribution >= 0.6 is 0 Å². The number of aryl methyl sites for hydroxylation is 1. The maximum Gasteiger partial charge on any atom is 0.490 e. The van der Waals surface area contributed by atoms with Crippen LogP contribution in [0.5, 0.6) is 11.5 Å². The fourth-order valence-corrected chi connectivity index (χ4v) is 4.54. The molecule has 0 radical (unpaired) electrons. The van der Waals surface area contributed by atoms with Gasteiger partial charge in [0, 0.05) is 42.8 Å². The lowest BCUT2D eigenvalue weighted by molar-refractivity contribution is -0.192. The molecule has 0 saturated heterocycles. The van der Waals surface area contributed by atoms with Gasteiger partial charge in [-0.15, -0.1) is 0 Å². The Morgan fingerprint density at radius 3 is 2.31 bits per heavy atom. The van der Waals surface area contributed by atoms with Crippen molar-refractivity contribution in [2.24, 2.45) is 7.05 Å². The van der Waals surface area contributed by atoms with Crippen LogP contribution in [0.4, 0.5) is 30.6 Å². The number of pyridine rings is 1. The van der Waals surface area contributed by atoms with Crippen LogP contribution in [0.25, 0.3) is 11.3 Å². The van der Waals surface area contributed by atoms with Crippen molar-refractivity contribution in [1.29, 1.82) is 0 Å². The van der Waals surface area contributed by atoms with Gasteiger partial charge < -0.3 is 25.5 Å². The Hall–Kier alpha value is -5.55. The first-order chi connectivity index (χ1) is 21.3. The Morgan fingerprint density at radius 1 is 1.00 bits per heavy atom. The molecule has 2 aromatic carbocycles. The molecule has 17 heteroatoms. The van der Waals surface area contributed by atoms with Crippen molar-refractivity contribution in [2.75, 3.05) is 11.1 Å². The quantitative estimate of drug-likeness (QED) is 0.177. The van der Waals surface area contributed by atoms with Gasteiger partial charge in [0.15, 0.2) is 5.03 Å². The molecule has 0 spiro atoms. The van der Waals surface area contributed by atoms with E-state index in [9.17, 15) is 21.6 Å². The fourth-order valence-electron chi connectivity index (χ4n) is 3.56. The van der Waals surface area contributed by atoms with E-state index in [0.29, 0.717) is 23.0 Å². The highest BCUT2D eigenvalue weighted by Gasteiger charge is 2.38. The van der Waals surface area contributed by atoms with E-state index in [0.717, 1.165) is 16.9 Å². The van der Waals surface area contributed by atoms with Gasteiger partial charge in [0.2, 0.25) is 5.95 Å². The number of carbonyl (C=O) groups is 1. The van der Waals surface area contributed by atoms with Crippen LogP contribution in [0.3, 0.4) is 0 Å². The average molecular weight is 643 g/mol. The van der Waals surface area contributed by atoms with E-state index in [4.69, 9.17) is 20.4 Å². The molecule has 45 heavy (non-hydrogen) atoms. The summed E-state index contributed by atoms with van der Waals surface area (Å²) in [5.74, 6) is -0.910. The molecule has 5 aromatic rings. The molecular weight excluding hydrogens is 617 g/mol. The number of alkyl halides is 3. The summed E-state index contributed by atoms with van der Waals surface area (Å²) in [6.07, 6.45) is -0.678. The predicted octanol–water partition coefficient (Wildman–Crippen LogP) is 4.50. The molecule has 0 fully saturated rings. The van der Waals surface area contributed by atoms with Crippen molar-refractivity contribution in [2.45, 2.75) is 17.7 Å². The molecule has 234 valence electrons. The van der Waals surface area contributed by atoms with Crippen LogP contribution in [-0.4, -0.2) is 50.2 Å². The third-order valence-electron chi connectivity index (χ3n) is 5.61. The van der Waals surface area contributed by atoms with Crippen molar-refractivity contribution in [3.8, 4) is 22.8 Å². The summed E-state index contributed by atoms with van der Waals surface area (Å²) < 4.78 is 66.5. The van der Waals surface area contributed by atoms with Gasteiger partial charge in [0.05, 0.1) is 24.3 Å². The number of anilines is 3. The minimum atomic E-state index is -5.08. The summed E-state index contributed by atoms with van der Waals surface area (Å²) in [4.78, 5) is 25.6. The third kappa shape index (κ3) is 9.47. The zero-order valence-electron chi connectivity index (χ0n) is 23.3. The molecule has 0 amide bonds. The molecule has 3 aromatic heterocycles. The predicted molar refractivity (Wildman–Crippen MR) is 157 cm³/mol. The van der Waals surface area contributed by atoms with E-state index in [-0.39, 0.29) is 17.5 Å². The molecule has 0 unspecified atom stereocenters. The van der Waals surface area contributed by atoms with Crippen LogP contribution in [0.15, 0.2) is 96.5 Å². The number of nitrogens with zero attached hydrogens (tertiary/aromatic N) is 5. The zero-order chi connectivity index (χ0) is 32.6. The largest absolute Gasteiger partial charge is 0.490 e. The Bertz CT molecular complexity index is 1870. The number of nitrogen functional groups attached to an aromatic ring is 1. The normalized spacial score (nSPS) is 11.3. The average Bonchev–Trinajstić information content (AvgIpc) is 3.45. The van der Waals surface area contributed by atoms with Crippen molar-refractivity contribution in [1.82, 2.24) is 29.2 Å². The number of hydrogen-bond acceptors (Lipinski definition) is 10. The maximum absolute atomic E-state index is 12.4. The van der Waals surface area contributed by atoms with Gasteiger partial charge in [-0.2, -0.15) is 18.2 Å². The highest BCUT2D eigenvalue weighted by atomic mass is 32.2. The Morgan fingerprint density at radius 2 is 1.69 bits per heavy atom. The number of ether oxygens (including phenoxy) is 1. The van der Waals surface area contributed by atoms with Crippen LogP contribution in [0.2, 0.25) is 0 Å². The third-order valence-corrected chi connectivity index (χ3v) is 6.89. The molecule has 0 aliphatic heterocycles. The molecule has 0 atom stereocenters. The van der Waals surface area contributed by atoms with Crippen LogP contribution in [0.1, 0.15) is 5.69 Å². The zero-order valence-corrected chi connectivity index (χ0v) is 24.1. The summed E-state index contributed by atoms with van der Waals surface area (Å²) in [7, 11) is -2.05. The topological polar surface area (TPSA) is 187 Å². The van der Waals surface area contributed by atoms with Crippen molar-refractivity contribution in [3.05, 3.63) is 97.2 Å². The van der Waals surface area contributed by atoms with Crippen LogP contribution < -0.4 is 20.5 Å². The fraction of sp³-hybridized carbons (Fsp3) is 0.107. The van der Waals surface area contributed by atoms with Gasteiger partial charge in [-0.25, -0.2) is 27.9 Å². The number of nitrogens with one attached hydrogen (secondary N) is 2. The van der Waals surface area contributed by atoms with E-state index in [2.05, 4.69) is 30.0 Å². The van der Waals surface area contributed by atoms with Gasteiger partial charge >= 0.3 is 12.1 Å². The summed E-state index contributed by atoms with van der Waals surface area (Å²) in [5, 5.41) is 10.3. The number of hydrogen-bond donors (Lipinski definition) is 4. The molecule has 5 rings (SSSR count). The van der Waals surface area contributed by atoms with Crippen molar-refractivity contribution < 1.29 is 36.2 Å². The second-order valence-electron chi connectivity index (χ2n) is 9.10. The second kappa shape index (κ2) is 13.8. The SMILES string of the molecule is Cn1cnc(S(=O)(=O)NCc2cc(Oc3ccc(Nc4cc(-c5ccccc5)nc(N)n4)cc3)ccn2)c1.O=C(O)C(F)(F)F. The van der Waals surface area contributed by atoms with E-state index in [1.165, 1.54) is 12.5 Å². The summed E-state index contributed by atoms with van der Waals surface area (Å²) in [5.41, 5.74) is 8.86. The van der Waals surface area contributed by atoms with Gasteiger partial charge in [0.1, 0.15) is 17.3 Å². The van der Waals surface area contributed by atoms with E-state index >= 15 is 0 Å². The van der Waals surface area contributed by atoms with Crippen LogP contribution in [0, 0.1) is 0 Å². The number of carboxylic acid groups (broad SMARTS) is 1. The number of carboxylic acids is 1. The van der Waals surface area contributed by atoms with Gasteiger partial charge in [-0.3, -0.25) is 4.98 Å². The number of aliphatic carboxylic acids is 1. The van der Waals surface area contributed by atoms with Gasteiger partial charge in [-0.05, 0) is 30.3 Å². The Kier molecular flexibility index (Phi) is 9.95. The second-order valence-corrected chi connectivity index (χ2v) is 10.8. The summed E-state index contributed by atoms with van der Waals surface area (Å²) in [6, 6.07) is 22.2. The molecular formula is C28H25F3N8O5S. The highest BCUT2D eigenvalue weighted by Crippen LogP contribution is 2.26. The number of benzene rings is 2. The highest BCUT2D eigenvalue weighted by molar-refractivity contribution is 7.89. The lowest BCUT2D eigenvalue weighted by atomic mass is 10.1. The molecule has 3 heterocycles. The minimum Gasteiger partial charge on any atom is -0.475 e. The molecule has 13 nitrogen and oxygen atoms in total. The smallest absolute Gasteiger partial charge is 0.475 e. The number of aromatic nitrogens is 5. The monoisotopic (exact) mass is 642 g/mol.